The Balaban J connectivity index is 2.69. The van der Waals surface area contributed by atoms with Gasteiger partial charge in [-0.2, -0.15) is 0 Å². The molecule has 0 saturated carbocycles. The van der Waals surface area contributed by atoms with Crippen LogP contribution < -0.4 is 5.73 Å². The molecule has 106 valence electrons. The largest absolute Gasteiger partial charge is 0.395 e. The second-order valence-corrected chi connectivity index (χ2v) is 4.67. The normalized spacial score (nSPS) is 12.2. The summed E-state index contributed by atoms with van der Waals surface area (Å²) in [5.41, 5.74) is 6.86. The maximum absolute atomic E-state index is 12.4. The second-order valence-electron chi connectivity index (χ2n) is 4.67. The van der Waals surface area contributed by atoms with Crippen LogP contribution in [0.15, 0.2) is 30.3 Å². The van der Waals surface area contributed by atoms with Gasteiger partial charge in [0.05, 0.1) is 12.5 Å². The molecule has 3 N–H and O–H groups in total. The molecule has 0 aliphatic heterocycles. The van der Waals surface area contributed by atoms with Crippen LogP contribution >= 0.6 is 0 Å². The molecule has 1 aromatic carbocycles. The van der Waals surface area contributed by atoms with Crippen molar-refractivity contribution in [3.8, 4) is 0 Å². The highest BCUT2D eigenvalue weighted by atomic mass is 16.3. The molecule has 1 unspecified atom stereocenters. The van der Waals surface area contributed by atoms with Gasteiger partial charge in [0.15, 0.2) is 0 Å². The van der Waals surface area contributed by atoms with E-state index in [0.29, 0.717) is 26.1 Å². The van der Waals surface area contributed by atoms with Gasteiger partial charge in [0.2, 0.25) is 5.91 Å². The summed E-state index contributed by atoms with van der Waals surface area (Å²) >= 11 is 0. The van der Waals surface area contributed by atoms with Crippen molar-refractivity contribution >= 4 is 5.91 Å². The van der Waals surface area contributed by atoms with Crippen molar-refractivity contribution in [1.29, 1.82) is 0 Å². The zero-order valence-corrected chi connectivity index (χ0v) is 11.6. The van der Waals surface area contributed by atoms with Crippen LogP contribution in [0, 0.1) is 5.92 Å². The predicted molar refractivity (Wildman–Crippen MR) is 76.6 cm³/mol. The minimum Gasteiger partial charge on any atom is -0.395 e. The van der Waals surface area contributed by atoms with E-state index in [1.54, 1.807) is 4.90 Å². The summed E-state index contributed by atoms with van der Waals surface area (Å²) in [6, 6.07) is 9.89. The Labute approximate surface area is 115 Å². The summed E-state index contributed by atoms with van der Waals surface area (Å²) in [6.45, 7) is 3.41. The molecule has 1 atom stereocenters. The molecule has 0 bridgehead atoms. The van der Waals surface area contributed by atoms with Gasteiger partial charge in [0.25, 0.3) is 0 Å². The Morgan fingerprint density at radius 1 is 1.32 bits per heavy atom. The predicted octanol–water partition coefficient (Wildman–Crippen LogP) is 1.03. The fourth-order valence-electron chi connectivity index (χ4n) is 2.15. The molecule has 0 spiro atoms. The van der Waals surface area contributed by atoms with Crippen LogP contribution in [0.1, 0.15) is 18.9 Å². The molecule has 0 radical (unpaired) electrons. The highest BCUT2D eigenvalue weighted by Crippen LogP contribution is 2.11. The standard InChI is InChI=1S/C15H24N2O2/c1-2-8-17(9-10-18)15(19)14(12-16)11-13-6-4-3-5-7-13/h3-7,14,18H,2,8-12,16H2,1H3. The molecular formula is C15H24N2O2. The van der Waals surface area contributed by atoms with Crippen molar-refractivity contribution in [3.63, 3.8) is 0 Å². The molecule has 0 aromatic heterocycles. The topological polar surface area (TPSA) is 66.6 Å². The number of rotatable bonds is 8. The lowest BCUT2D eigenvalue weighted by molar-refractivity contribution is -0.135. The first-order valence-corrected chi connectivity index (χ1v) is 6.86. The Hall–Kier alpha value is -1.39. The molecule has 1 amide bonds. The molecule has 0 aliphatic rings. The first kappa shape index (κ1) is 15.7. The Kier molecular flexibility index (Phi) is 7.15. The zero-order valence-electron chi connectivity index (χ0n) is 11.6. The van der Waals surface area contributed by atoms with Crippen molar-refractivity contribution < 1.29 is 9.90 Å². The maximum atomic E-state index is 12.4. The van der Waals surface area contributed by atoms with Crippen LogP contribution in [0.25, 0.3) is 0 Å². The molecule has 4 nitrogen and oxygen atoms in total. The fourth-order valence-corrected chi connectivity index (χ4v) is 2.15. The van der Waals surface area contributed by atoms with Gasteiger partial charge in [-0.05, 0) is 18.4 Å². The number of aliphatic hydroxyl groups is 1. The van der Waals surface area contributed by atoms with Crippen molar-refractivity contribution in [1.82, 2.24) is 4.90 Å². The van der Waals surface area contributed by atoms with Gasteiger partial charge >= 0.3 is 0 Å². The van der Waals surface area contributed by atoms with Crippen LogP contribution in [-0.2, 0) is 11.2 Å². The minimum atomic E-state index is -0.208. The summed E-state index contributed by atoms with van der Waals surface area (Å²) in [4.78, 5) is 14.1. The molecule has 1 aromatic rings. The molecule has 1 rings (SSSR count). The van der Waals surface area contributed by atoms with Crippen LogP contribution in [0.5, 0.6) is 0 Å². The van der Waals surface area contributed by atoms with E-state index in [0.717, 1.165) is 12.0 Å². The van der Waals surface area contributed by atoms with E-state index in [1.807, 2.05) is 37.3 Å². The van der Waals surface area contributed by atoms with Crippen molar-refractivity contribution in [2.24, 2.45) is 11.7 Å². The lowest BCUT2D eigenvalue weighted by atomic mass is 9.98. The highest BCUT2D eigenvalue weighted by molar-refractivity contribution is 5.79. The second kappa shape index (κ2) is 8.67. The number of carbonyl (C=O) groups excluding carboxylic acids is 1. The quantitative estimate of drug-likeness (QED) is 0.737. The van der Waals surface area contributed by atoms with Gasteiger partial charge < -0.3 is 15.7 Å². The minimum absolute atomic E-state index is 0.00559. The van der Waals surface area contributed by atoms with Gasteiger partial charge in [0.1, 0.15) is 0 Å². The molecule has 0 aliphatic carbocycles. The number of hydrogen-bond donors (Lipinski definition) is 2. The van der Waals surface area contributed by atoms with Gasteiger partial charge in [-0.1, -0.05) is 37.3 Å². The molecule has 0 heterocycles. The molecule has 0 saturated heterocycles. The van der Waals surface area contributed by atoms with Crippen LogP contribution in [0.2, 0.25) is 0 Å². The molecule has 4 heteroatoms. The van der Waals surface area contributed by atoms with Crippen LogP contribution in [0.3, 0.4) is 0 Å². The first-order valence-electron chi connectivity index (χ1n) is 6.86. The molecule has 19 heavy (non-hydrogen) atoms. The average Bonchev–Trinajstić information content (AvgIpc) is 2.45. The van der Waals surface area contributed by atoms with E-state index in [4.69, 9.17) is 10.8 Å². The monoisotopic (exact) mass is 264 g/mol. The van der Waals surface area contributed by atoms with E-state index < -0.39 is 0 Å². The fraction of sp³-hybridized carbons (Fsp3) is 0.533. The van der Waals surface area contributed by atoms with Crippen LogP contribution in [0.4, 0.5) is 0 Å². The van der Waals surface area contributed by atoms with Gasteiger partial charge in [-0.25, -0.2) is 0 Å². The first-order chi connectivity index (χ1) is 9.22. The van der Waals surface area contributed by atoms with E-state index >= 15 is 0 Å². The summed E-state index contributed by atoms with van der Waals surface area (Å²) in [5.74, 6) is -0.164. The third-order valence-corrected chi connectivity index (χ3v) is 3.13. The van der Waals surface area contributed by atoms with Crippen molar-refractivity contribution in [2.45, 2.75) is 19.8 Å². The highest BCUT2D eigenvalue weighted by Gasteiger charge is 2.22. The lowest BCUT2D eigenvalue weighted by Crippen LogP contribution is -2.42. The summed E-state index contributed by atoms with van der Waals surface area (Å²) in [6.07, 6.45) is 1.54. The number of amides is 1. The number of hydrogen-bond acceptors (Lipinski definition) is 3. The zero-order chi connectivity index (χ0) is 14.1. The average molecular weight is 264 g/mol. The summed E-state index contributed by atoms with van der Waals surface area (Å²) in [5, 5.41) is 9.03. The molecule has 0 fully saturated rings. The number of nitrogens with zero attached hydrogens (tertiary/aromatic N) is 1. The van der Waals surface area contributed by atoms with E-state index in [2.05, 4.69) is 0 Å². The van der Waals surface area contributed by atoms with Gasteiger partial charge in [-0.3, -0.25) is 4.79 Å². The van der Waals surface area contributed by atoms with E-state index in [9.17, 15) is 4.79 Å². The van der Waals surface area contributed by atoms with Crippen molar-refractivity contribution in [3.05, 3.63) is 35.9 Å². The number of nitrogens with two attached hydrogens (primary N) is 1. The Morgan fingerprint density at radius 3 is 2.53 bits per heavy atom. The van der Waals surface area contributed by atoms with Gasteiger partial charge in [0, 0.05) is 19.6 Å². The van der Waals surface area contributed by atoms with E-state index in [-0.39, 0.29) is 18.4 Å². The number of benzene rings is 1. The SMILES string of the molecule is CCCN(CCO)C(=O)C(CN)Cc1ccccc1. The third-order valence-electron chi connectivity index (χ3n) is 3.13. The number of carbonyl (C=O) groups is 1. The lowest BCUT2D eigenvalue weighted by Gasteiger charge is -2.26. The van der Waals surface area contributed by atoms with Gasteiger partial charge in [-0.15, -0.1) is 0 Å². The summed E-state index contributed by atoms with van der Waals surface area (Å²) < 4.78 is 0. The summed E-state index contributed by atoms with van der Waals surface area (Å²) in [7, 11) is 0. The smallest absolute Gasteiger partial charge is 0.227 e. The maximum Gasteiger partial charge on any atom is 0.227 e. The van der Waals surface area contributed by atoms with Crippen molar-refractivity contribution in [2.75, 3.05) is 26.2 Å². The Morgan fingerprint density at radius 2 is 2.00 bits per heavy atom. The van der Waals surface area contributed by atoms with Crippen LogP contribution in [-0.4, -0.2) is 42.2 Å². The Bertz CT molecular complexity index is 362. The third kappa shape index (κ3) is 5.01. The van der Waals surface area contributed by atoms with E-state index in [1.165, 1.54) is 0 Å². The molecular weight excluding hydrogens is 240 g/mol. The number of aliphatic hydroxyl groups excluding tert-OH is 1.